The Bertz CT molecular complexity index is 806. The molecule has 3 aromatic rings. The highest BCUT2D eigenvalue weighted by Gasteiger charge is 2.14. The quantitative estimate of drug-likeness (QED) is 0.705. The molecule has 4 heteroatoms. The van der Waals surface area contributed by atoms with Crippen molar-refractivity contribution in [2.45, 2.75) is 20.3 Å². The van der Waals surface area contributed by atoms with Gasteiger partial charge in [0.25, 0.3) is 0 Å². The summed E-state index contributed by atoms with van der Waals surface area (Å²) in [7, 11) is 0. The molecule has 0 saturated carbocycles. The lowest BCUT2D eigenvalue weighted by atomic mass is 10.1. The van der Waals surface area contributed by atoms with Gasteiger partial charge < -0.3 is 5.32 Å². The maximum atomic E-state index is 4.76. The third-order valence-corrected chi connectivity index (χ3v) is 4.80. The summed E-state index contributed by atoms with van der Waals surface area (Å²) in [6.07, 6.45) is 2.59. The number of hydrogen-bond donors (Lipinski definition) is 1. The van der Waals surface area contributed by atoms with Gasteiger partial charge in [0.2, 0.25) is 0 Å². The van der Waals surface area contributed by atoms with Gasteiger partial charge in [0.05, 0.1) is 5.39 Å². The van der Waals surface area contributed by atoms with Crippen molar-refractivity contribution in [3.63, 3.8) is 0 Å². The van der Waals surface area contributed by atoms with Gasteiger partial charge in [0.15, 0.2) is 0 Å². The van der Waals surface area contributed by atoms with Gasteiger partial charge in [-0.15, -0.1) is 17.9 Å². The molecule has 0 aliphatic rings. The van der Waals surface area contributed by atoms with E-state index in [0.717, 1.165) is 28.3 Å². The largest absolute Gasteiger partial charge is 0.366 e. The van der Waals surface area contributed by atoms with Gasteiger partial charge in [-0.25, -0.2) is 9.97 Å². The van der Waals surface area contributed by atoms with Crippen LogP contribution in [0.5, 0.6) is 0 Å². The molecule has 1 N–H and O–H groups in total. The van der Waals surface area contributed by atoms with Crippen molar-refractivity contribution in [3.8, 4) is 0 Å². The van der Waals surface area contributed by atoms with Crippen molar-refractivity contribution in [3.05, 3.63) is 64.8 Å². The van der Waals surface area contributed by atoms with Gasteiger partial charge >= 0.3 is 0 Å². The molecule has 0 bridgehead atoms. The molecule has 112 valence electrons. The molecule has 2 aromatic heterocycles. The van der Waals surface area contributed by atoms with E-state index in [0.29, 0.717) is 6.54 Å². The van der Waals surface area contributed by atoms with Crippen molar-refractivity contribution in [1.29, 1.82) is 0 Å². The fourth-order valence-electron chi connectivity index (χ4n) is 2.45. The highest BCUT2D eigenvalue weighted by molar-refractivity contribution is 7.18. The summed E-state index contributed by atoms with van der Waals surface area (Å²) in [5.41, 5.74) is 2.49. The first-order valence-corrected chi connectivity index (χ1v) is 8.16. The minimum atomic E-state index is 0.700. The Labute approximate surface area is 134 Å². The maximum absolute atomic E-state index is 4.76. The number of rotatable bonds is 5. The monoisotopic (exact) mass is 309 g/mol. The summed E-state index contributed by atoms with van der Waals surface area (Å²) in [5, 5.41) is 4.50. The van der Waals surface area contributed by atoms with E-state index >= 15 is 0 Å². The van der Waals surface area contributed by atoms with Crippen molar-refractivity contribution >= 4 is 27.4 Å². The first-order chi connectivity index (χ1) is 10.7. The molecule has 0 saturated heterocycles. The zero-order valence-electron chi connectivity index (χ0n) is 12.9. The molecule has 1 aromatic carbocycles. The second-order valence-electron chi connectivity index (χ2n) is 5.28. The minimum Gasteiger partial charge on any atom is -0.366 e. The Kier molecular flexibility index (Phi) is 4.20. The molecule has 0 spiro atoms. The van der Waals surface area contributed by atoms with Gasteiger partial charge in [-0.05, 0) is 25.0 Å². The maximum Gasteiger partial charge on any atom is 0.139 e. The summed E-state index contributed by atoms with van der Waals surface area (Å²) in [4.78, 5) is 11.9. The second kappa shape index (κ2) is 6.28. The average molecular weight is 309 g/mol. The topological polar surface area (TPSA) is 37.8 Å². The lowest BCUT2D eigenvalue weighted by Gasteiger charge is -2.08. The van der Waals surface area contributed by atoms with Crippen LogP contribution in [0.25, 0.3) is 10.2 Å². The van der Waals surface area contributed by atoms with Crippen LogP contribution in [0, 0.1) is 13.8 Å². The van der Waals surface area contributed by atoms with Crippen molar-refractivity contribution in [2.24, 2.45) is 0 Å². The van der Waals surface area contributed by atoms with E-state index in [1.807, 2.05) is 24.3 Å². The molecule has 3 nitrogen and oxygen atoms in total. The van der Waals surface area contributed by atoms with Gasteiger partial charge in [-0.3, -0.25) is 0 Å². The lowest BCUT2D eigenvalue weighted by Crippen LogP contribution is -2.05. The Morgan fingerprint density at radius 2 is 1.95 bits per heavy atom. The SMILES string of the molecule is C=CCNc1nc(Cc2ccccc2)nc2sc(C)c(C)c12. The van der Waals surface area contributed by atoms with E-state index in [9.17, 15) is 0 Å². The van der Waals surface area contributed by atoms with Crippen LogP contribution in [-0.4, -0.2) is 16.5 Å². The molecule has 0 aliphatic carbocycles. The highest BCUT2D eigenvalue weighted by Crippen LogP contribution is 2.33. The molecule has 2 heterocycles. The zero-order chi connectivity index (χ0) is 15.5. The van der Waals surface area contributed by atoms with E-state index < -0.39 is 0 Å². The summed E-state index contributed by atoms with van der Waals surface area (Å²) in [5.74, 6) is 1.77. The van der Waals surface area contributed by atoms with Gasteiger partial charge in [-0.1, -0.05) is 36.4 Å². The van der Waals surface area contributed by atoms with E-state index in [-0.39, 0.29) is 0 Å². The molecule has 0 aliphatic heterocycles. The number of aryl methyl sites for hydroxylation is 2. The van der Waals surface area contributed by atoms with Crippen LogP contribution in [0.2, 0.25) is 0 Å². The average Bonchev–Trinajstić information content (AvgIpc) is 2.81. The van der Waals surface area contributed by atoms with Crippen LogP contribution in [0.4, 0.5) is 5.82 Å². The van der Waals surface area contributed by atoms with E-state index in [1.54, 1.807) is 11.3 Å². The summed E-state index contributed by atoms with van der Waals surface area (Å²) >= 11 is 1.73. The second-order valence-corrected chi connectivity index (χ2v) is 6.49. The summed E-state index contributed by atoms with van der Waals surface area (Å²) in [6, 6.07) is 10.3. The first-order valence-electron chi connectivity index (χ1n) is 7.34. The standard InChI is InChI=1S/C18H19N3S/c1-4-10-19-17-16-12(2)13(3)22-18(16)21-15(20-17)11-14-8-6-5-7-9-14/h4-9H,1,10-11H2,2-3H3,(H,19,20,21). The molecule has 0 amide bonds. The number of aromatic nitrogens is 2. The number of thiophene rings is 1. The van der Waals surface area contributed by atoms with Crippen molar-refractivity contribution < 1.29 is 0 Å². The van der Waals surface area contributed by atoms with Crippen LogP contribution in [0.15, 0.2) is 43.0 Å². The molecular weight excluding hydrogens is 290 g/mol. The lowest BCUT2D eigenvalue weighted by molar-refractivity contribution is 0.993. The zero-order valence-corrected chi connectivity index (χ0v) is 13.7. The molecule has 0 fully saturated rings. The smallest absolute Gasteiger partial charge is 0.139 e. The highest BCUT2D eigenvalue weighted by atomic mass is 32.1. The number of nitrogens with zero attached hydrogens (tertiary/aromatic N) is 2. The number of benzene rings is 1. The molecule has 3 rings (SSSR count). The van der Waals surface area contributed by atoms with Crippen molar-refractivity contribution in [2.75, 3.05) is 11.9 Å². The van der Waals surface area contributed by atoms with E-state index in [1.165, 1.54) is 16.0 Å². The van der Waals surface area contributed by atoms with Crippen LogP contribution in [-0.2, 0) is 6.42 Å². The Balaban J connectivity index is 2.06. The predicted octanol–water partition coefficient (Wildman–Crippen LogP) is 4.50. The van der Waals surface area contributed by atoms with E-state index in [4.69, 9.17) is 9.97 Å². The van der Waals surface area contributed by atoms with E-state index in [2.05, 4.69) is 37.9 Å². The molecule has 0 radical (unpaired) electrons. The van der Waals surface area contributed by atoms with Gasteiger partial charge in [-0.2, -0.15) is 0 Å². The molecular formula is C18H19N3S. The fraction of sp³-hybridized carbons (Fsp3) is 0.222. The van der Waals surface area contributed by atoms with Gasteiger partial charge in [0, 0.05) is 17.8 Å². The number of hydrogen-bond acceptors (Lipinski definition) is 4. The van der Waals surface area contributed by atoms with Gasteiger partial charge in [0.1, 0.15) is 16.5 Å². The molecule has 0 unspecified atom stereocenters. The predicted molar refractivity (Wildman–Crippen MR) is 94.8 cm³/mol. The molecule has 0 atom stereocenters. The third kappa shape index (κ3) is 2.88. The Morgan fingerprint density at radius 1 is 1.18 bits per heavy atom. The normalized spacial score (nSPS) is 10.8. The number of nitrogens with one attached hydrogen (secondary N) is 1. The summed E-state index contributed by atoms with van der Waals surface area (Å²) < 4.78 is 0. The van der Waals surface area contributed by atoms with Crippen LogP contribution in [0.3, 0.4) is 0 Å². The van der Waals surface area contributed by atoms with Crippen LogP contribution in [0.1, 0.15) is 21.8 Å². The third-order valence-electron chi connectivity index (χ3n) is 3.69. The van der Waals surface area contributed by atoms with Crippen LogP contribution >= 0.6 is 11.3 Å². The van der Waals surface area contributed by atoms with Crippen LogP contribution < -0.4 is 5.32 Å². The Hall–Kier alpha value is -2.20. The molecule has 22 heavy (non-hydrogen) atoms. The number of fused-ring (bicyclic) bond motifs is 1. The summed E-state index contributed by atoms with van der Waals surface area (Å²) in [6.45, 7) is 8.74. The van der Waals surface area contributed by atoms with Crippen molar-refractivity contribution in [1.82, 2.24) is 9.97 Å². The minimum absolute atomic E-state index is 0.700. The fourth-order valence-corrected chi connectivity index (χ4v) is 3.50. The number of anilines is 1. The Morgan fingerprint density at radius 3 is 2.68 bits per heavy atom. The first kappa shape index (κ1) is 14.7.